The molecule has 0 atom stereocenters. The minimum atomic E-state index is -4.58. The molecule has 6 aromatic carbocycles. The van der Waals surface area contributed by atoms with Crippen LogP contribution in [0.15, 0.2) is 168 Å². The summed E-state index contributed by atoms with van der Waals surface area (Å²) in [5.41, 5.74) is 5.92. The maximum atomic E-state index is 11.7. The summed E-state index contributed by atoms with van der Waals surface area (Å²) in [7, 11) is -9.16. The zero-order chi connectivity index (χ0) is 36.8. The van der Waals surface area contributed by atoms with Crippen molar-refractivity contribution in [2.45, 2.75) is 9.79 Å². The third-order valence-corrected chi connectivity index (χ3v) is 9.52. The van der Waals surface area contributed by atoms with Crippen LogP contribution >= 0.6 is 0 Å². The van der Waals surface area contributed by atoms with Gasteiger partial charge in [0.25, 0.3) is 0 Å². The molecule has 0 radical (unpaired) electrons. The van der Waals surface area contributed by atoms with E-state index in [2.05, 4.69) is 0 Å². The van der Waals surface area contributed by atoms with Gasteiger partial charge in [0.05, 0.1) is 9.79 Å². The van der Waals surface area contributed by atoms with Gasteiger partial charge in [0, 0.05) is 0 Å². The summed E-state index contributed by atoms with van der Waals surface area (Å²) in [5, 5.41) is 0. The maximum Gasteiger partial charge on any atom is 1.00 e. The van der Waals surface area contributed by atoms with Crippen LogP contribution in [0.25, 0.3) is 48.6 Å². The first-order chi connectivity index (χ1) is 25.1. The van der Waals surface area contributed by atoms with Crippen LogP contribution in [0.5, 0.6) is 0 Å². The summed E-state index contributed by atoms with van der Waals surface area (Å²) in [6.45, 7) is 0. The molecule has 0 fully saturated rings. The molecule has 0 saturated carbocycles. The van der Waals surface area contributed by atoms with E-state index in [0.29, 0.717) is 22.3 Å². The number of hydrogen-bond acceptors (Lipinski definition) is 6. The Kier molecular flexibility index (Phi) is 18.0. The molecule has 260 valence electrons. The Bertz CT molecular complexity index is 2260. The third-order valence-electron chi connectivity index (χ3n) is 7.73. The van der Waals surface area contributed by atoms with Crippen molar-refractivity contribution < 1.29 is 85.1 Å². The minimum absolute atomic E-state index is 0. The van der Waals surface area contributed by atoms with Crippen molar-refractivity contribution in [3.8, 4) is 0 Å². The SMILES string of the molecule is O=S(=O)([O-])c1cccc(C=Cc2ccccc2)c1C=Cc1ccccc1.O=S(=O)([O-])c1cccc(C=Cc2ccccc2)c1C=Cc1ccccc1.[Na+].[Na+]. The molecule has 0 aliphatic carbocycles. The van der Waals surface area contributed by atoms with Crippen molar-refractivity contribution in [1.82, 2.24) is 0 Å². The first kappa shape index (κ1) is 44.5. The van der Waals surface area contributed by atoms with Gasteiger partial charge in [0.15, 0.2) is 0 Å². The topological polar surface area (TPSA) is 114 Å². The number of rotatable bonds is 10. The predicted molar refractivity (Wildman–Crippen MR) is 210 cm³/mol. The number of benzene rings is 6. The monoisotopic (exact) mass is 768 g/mol. The molecular weight excluding hydrogens is 735 g/mol. The van der Waals surface area contributed by atoms with Gasteiger partial charge >= 0.3 is 59.1 Å². The van der Waals surface area contributed by atoms with Crippen LogP contribution in [0.1, 0.15) is 44.5 Å². The Morgan fingerprint density at radius 2 is 0.574 bits per heavy atom. The molecule has 0 bridgehead atoms. The summed E-state index contributed by atoms with van der Waals surface area (Å²) in [6.07, 6.45) is 14.3. The summed E-state index contributed by atoms with van der Waals surface area (Å²) in [5.74, 6) is 0. The molecule has 0 spiro atoms. The summed E-state index contributed by atoms with van der Waals surface area (Å²) < 4.78 is 70.1. The molecule has 0 unspecified atom stereocenters. The zero-order valence-corrected chi connectivity index (χ0v) is 35.5. The third kappa shape index (κ3) is 13.7. The van der Waals surface area contributed by atoms with Crippen molar-refractivity contribution in [2.75, 3.05) is 0 Å². The van der Waals surface area contributed by atoms with Crippen LogP contribution in [-0.4, -0.2) is 25.9 Å². The fourth-order valence-corrected chi connectivity index (χ4v) is 6.59. The van der Waals surface area contributed by atoms with Gasteiger partial charge in [-0.15, -0.1) is 0 Å². The molecule has 0 amide bonds. The average Bonchev–Trinajstić information content (AvgIpc) is 3.16. The fourth-order valence-electron chi connectivity index (χ4n) is 5.19. The van der Waals surface area contributed by atoms with E-state index in [-0.39, 0.29) is 68.9 Å². The minimum Gasteiger partial charge on any atom is -0.744 e. The van der Waals surface area contributed by atoms with Crippen LogP contribution in [0.3, 0.4) is 0 Å². The Labute approximate surface area is 362 Å². The zero-order valence-electron chi connectivity index (χ0n) is 29.9. The first-order valence-electron chi connectivity index (χ1n) is 16.2. The molecule has 0 saturated heterocycles. The second-order valence-electron chi connectivity index (χ2n) is 11.4. The Morgan fingerprint density at radius 1 is 0.315 bits per heavy atom. The van der Waals surface area contributed by atoms with Gasteiger partial charge in [-0.25, -0.2) is 16.8 Å². The summed E-state index contributed by atoms with van der Waals surface area (Å²) >= 11 is 0. The van der Waals surface area contributed by atoms with Crippen LogP contribution in [0, 0.1) is 0 Å². The van der Waals surface area contributed by atoms with E-state index < -0.39 is 20.2 Å². The maximum absolute atomic E-state index is 11.7. The van der Waals surface area contributed by atoms with Gasteiger partial charge < -0.3 is 9.11 Å². The molecular formula is C44H34Na2O6S2. The second kappa shape index (κ2) is 21.9. The predicted octanol–water partition coefficient (Wildman–Crippen LogP) is 3.87. The van der Waals surface area contributed by atoms with Crippen LogP contribution in [-0.2, 0) is 20.2 Å². The normalized spacial score (nSPS) is 11.6. The molecule has 0 heterocycles. The fraction of sp³-hybridized carbons (Fsp3) is 0. The van der Waals surface area contributed by atoms with E-state index in [1.54, 1.807) is 48.6 Å². The quantitative estimate of drug-likeness (QED) is 0.119. The van der Waals surface area contributed by atoms with Gasteiger partial charge in [0.1, 0.15) is 20.2 Å². The molecule has 0 N–H and O–H groups in total. The van der Waals surface area contributed by atoms with Gasteiger partial charge in [0.2, 0.25) is 0 Å². The van der Waals surface area contributed by atoms with Crippen LogP contribution in [0.2, 0.25) is 0 Å². The molecule has 6 rings (SSSR count). The van der Waals surface area contributed by atoms with E-state index >= 15 is 0 Å². The van der Waals surface area contributed by atoms with Crippen molar-refractivity contribution in [1.29, 1.82) is 0 Å². The van der Waals surface area contributed by atoms with Crippen molar-refractivity contribution in [3.63, 3.8) is 0 Å². The van der Waals surface area contributed by atoms with E-state index in [1.165, 1.54) is 12.1 Å². The molecule has 6 aromatic rings. The van der Waals surface area contributed by atoms with Gasteiger partial charge in [-0.05, 0) is 56.6 Å². The molecule has 0 aliphatic rings. The molecule has 10 heteroatoms. The number of hydrogen-bond donors (Lipinski definition) is 0. The summed E-state index contributed by atoms with van der Waals surface area (Å²) in [4.78, 5) is -0.445. The van der Waals surface area contributed by atoms with E-state index in [9.17, 15) is 25.9 Å². The molecule has 54 heavy (non-hydrogen) atoms. The largest absolute Gasteiger partial charge is 1.00 e. The molecule has 0 aliphatic heterocycles. The van der Waals surface area contributed by atoms with E-state index in [0.717, 1.165) is 22.3 Å². The van der Waals surface area contributed by atoms with E-state index in [1.807, 2.05) is 146 Å². The van der Waals surface area contributed by atoms with E-state index in [4.69, 9.17) is 0 Å². The smallest absolute Gasteiger partial charge is 0.744 e. The first-order valence-corrected chi connectivity index (χ1v) is 19.0. The Morgan fingerprint density at radius 3 is 0.833 bits per heavy atom. The van der Waals surface area contributed by atoms with Crippen LogP contribution < -0.4 is 59.1 Å². The van der Waals surface area contributed by atoms with Crippen LogP contribution in [0.4, 0.5) is 0 Å². The van der Waals surface area contributed by atoms with Gasteiger partial charge in [-0.3, -0.25) is 0 Å². The Balaban J connectivity index is 0.000000280. The second-order valence-corrected chi connectivity index (χ2v) is 14.1. The van der Waals surface area contributed by atoms with Gasteiger partial charge in [-0.1, -0.05) is 194 Å². The van der Waals surface area contributed by atoms with Crippen molar-refractivity contribution in [3.05, 3.63) is 202 Å². The standard InChI is InChI=1S/2C22H18O3S.2Na/c2*23-26(24,25)22-13-7-12-20(16-14-18-8-3-1-4-9-18)21(22)17-15-19-10-5-2-6-11-19;;/h2*1-17H,(H,23,24,25);;/q;;2*+1/p-2. The average molecular weight is 769 g/mol. The summed E-state index contributed by atoms with van der Waals surface area (Å²) in [6, 6.07) is 47.8. The van der Waals surface area contributed by atoms with Crippen molar-refractivity contribution in [2.24, 2.45) is 0 Å². The molecule has 6 nitrogen and oxygen atoms in total. The Hall–Kier alpha value is -3.90. The van der Waals surface area contributed by atoms with Crippen molar-refractivity contribution >= 4 is 68.8 Å². The van der Waals surface area contributed by atoms with Gasteiger partial charge in [-0.2, -0.15) is 0 Å². The molecule has 0 aromatic heterocycles.